The first-order chi connectivity index (χ1) is 8.74. The summed E-state index contributed by atoms with van der Waals surface area (Å²) in [6.45, 7) is 3.77. The lowest BCUT2D eigenvalue weighted by atomic mass is 9.91. The summed E-state index contributed by atoms with van der Waals surface area (Å²) >= 11 is 0. The zero-order chi connectivity index (χ0) is 13.2. The third-order valence-corrected chi connectivity index (χ3v) is 3.29. The number of carbonyl (C=O) groups is 1. The molecule has 0 saturated carbocycles. The van der Waals surface area contributed by atoms with Crippen LogP contribution in [0.3, 0.4) is 0 Å². The van der Waals surface area contributed by atoms with Gasteiger partial charge >= 0.3 is 6.03 Å². The van der Waals surface area contributed by atoms with Crippen LogP contribution in [0, 0.1) is 5.92 Å². The monoisotopic (exact) mass is 255 g/mol. The number of amides is 2. The molecule has 0 aromatic carbocycles. The molecule has 0 aliphatic carbocycles. The molecule has 1 rings (SSSR count). The molecule has 0 atom stereocenters. The van der Waals surface area contributed by atoms with Crippen molar-refractivity contribution in [3.05, 3.63) is 0 Å². The highest BCUT2D eigenvalue weighted by atomic mass is 16.5. The summed E-state index contributed by atoms with van der Waals surface area (Å²) in [5.74, 6) is 0.437. The summed E-state index contributed by atoms with van der Waals surface area (Å²) in [5, 5.41) is 4.18. The predicted molar refractivity (Wildman–Crippen MR) is 72.5 cm³/mol. The Bertz CT molecular complexity index is 273. The van der Waals surface area contributed by atoms with Crippen molar-refractivity contribution in [3.8, 4) is 0 Å². The summed E-state index contributed by atoms with van der Waals surface area (Å²) in [6.07, 6.45) is 7.76. The van der Waals surface area contributed by atoms with Gasteiger partial charge in [-0.15, -0.1) is 0 Å². The highest BCUT2D eigenvalue weighted by Gasteiger charge is 2.19. The summed E-state index contributed by atoms with van der Waals surface area (Å²) in [7, 11) is 0. The van der Waals surface area contributed by atoms with Gasteiger partial charge in [0.25, 0.3) is 0 Å². The van der Waals surface area contributed by atoms with Gasteiger partial charge in [0.2, 0.25) is 0 Å². The van der Waals surface area contributed by atoms with E-state index >= 15 is 0 Å². The fourth-order valence-corrected chi connectivity index (χ4v) is 2.24. The summed E-state index contributed by atoms with van der Waals surface area (Å²) < 4.78 is 5.35. The Labute approximate surface area is 109 Å². The maximum atomic E-state index is 10.7. The maximum Gasteiger partial charge on any atom is 0.332 e. The number of primary amides is 1. The average molecular weight is 255 g/mol. The third-order valence-electron chi connectivity index (χ3n) is 3.29. The van der Waals surface area contributed by atoms with E-state index < -0.39 is 6.03 Å². The second-order valence-electron chi connectivity index (χ2n) is 4.78. The van der Waals surface area contributed by atoms with E-state index in [0.29, 0.717) is 5.92 Å². The van der Waals surface area contributed by atoms with E-state index in [9.17, 15) is 4.79 Å². The molecule has 0 aromatic rings. The Morgan fingerprint density at radius 2 is 2.06 bits per heavy atom. The Morgan fingerprint density at radius 1 is 1.33 bits per heavy atom. The highest BCUT2D eigenvalue weighted by molar-refractivity contribution is 5.88. The molecule has 5 heteroatoms. The van der Waals surface area contributed by atoms with Crippen LogP contribution < -0.4 is 11.2 Å². The normalized spacial score (nSPS) is 17.7. The van der Waals surface area contributed by atoms with E-state index in [4.69, 9.17) is 10.5 Å². The molecule has 1 aliphatic rings. The van der Waals surface area contributed by atoms with Crippen molar-refractivity contribution in [1.82, 2.24) is 5.43 Å². The molecule has 3 N–H and O–H groups in total. The quantitative estimate of drug-likeness (QED) is 0.416. The van der Waals surface area contributed by atoms with E-state index in [1.165, 1.54) is 19.3 Å². The maximum absolute atomic E-state index is 10.7. The topological polar surface area (TPSA) is 76.7 Å². The van der Waals surface area contributed by atoms with Crippen LogP contribution in [0.25, 0.3) is 0 Å². The van der Waals surface area contributed by atoms with Crippen LogP contribution in [0.4, 0.5) is 4.79 Å². The molecule has 0 unspecified atom stereocenters. The molecule has 5 nitrogen and oxygen atoms in total. The van der Waals surface area contributed by atoms with Gasteiger partial charge in [-0.2, -0.15) is 5.10 Å². The lowest BCUT2D eigenvalue weighted by molar-refractivity contribution is 0.0822. The lowest BCUT2D eigenvalue weighted by Crippen LogP contribution is -2.30. The number of nitrogens with zero attached hydrogens (tertiary/aromatic N) is 1. The standard InChI is InChI=1S/C13H25N3O2/c1-2-3-4-5-6-12(15-16-13(14)17)11-7-9-18-10-8-11/h11H,2-10H2,1H3,(H3,14,16,17)/b15-12+. The number of hydrogen-bond donors (Lipinski definition) is 2. The number of ether oxygens (including phenoxy) is 1. The Kier molecular flexibility index (Phi) is 7.41. The van der Waals surface area contributed by atoms with Crippen LogP contribution in [0.2, 0.25) is 0 Å². The van der Waals surface area contributed by atoms with Crippen LogP contribution in [-0.4, -0.2) is 25.0 Å². The summed E-state index contributed by atoms with van der Waals surface area (Å²) in [5.41, 5.74) is 8.51. The van der Waals surface area contributed by atoms with Crippen LogP contribution in [0.1, 0.15) is 51.9 Å². The molecule has 1 fully saturated rings. The number of urea groups is 1. The minimum absolute atomic E-state index is 0.437. The van der Waals surface area contributed by atoms with E-state index in [1.807, 2.05) is 0 Å². The molecular formula is C13H25N3O2. The van der Waals surface area contributed by atoms with Crippen molar-refractivity contribution in [3.63, 3.8) is 0 Å². The summed E-state index contributed by atoms with van der Waals surface area (Å²) in [6, 6.07) is -0.590. The van der Waals surface area contributed by atoms with Crippen LogP contribution in [-0.2, 0) is 4.74 Å². The number of hydrazone groups is 1. The zero-order valence-electron chi connectivity index (χ0n) is 11.3. The molecular weight excluding hydrogens is 230 g/mol. The van der Waals surface area contributed by atoms with Crippen molar-refractivity contribution in [1.29, 1.82) is 0 Å². The molecule has 1 heterocycles. The molecule has 1 saturated heterocycles. The van der Waals surface area contributed by atoms with Crippen LogP contribution >= 0.6 is 0 Å². The lowest BCUT2D eigenvalue weighted by Gasteiger charge is -2.23. The second-order valence-corrected chi connectivity index (χ2v) is 4.78. The van der Waals surface area contributed by atoms with Gasteiger partial charge in [0.1, 0.15) is 0 Å². The number of nitrogens with two attached hydrogens (primary N) is 1. The third kappa shape index (κ3) is 6.00. The predicted octanol–water partition coefficient (Wildman–Crippen LogP) is 2.41. The van der Waals surface area contributed by atoms with Crippen molar-refractivity contribution >= 4 is 11.7 Å². The first-order valence-electron chi connectivity index (χ1n) is 6.93. The average Bonchev–Trinajstić information content (AvgIpc) is 2.38. The van der Waals surface area contributed by atoms with Crippen LogP contribution in [0.5, 0.6) is 0 Å². The summed E-state index contributed by atoms with van der Waals surface area (Å²) in [4.78, 5) is 10.7. The van der Waals surface area contributed by atoms with Gasteiger partial charge in [0, 0.05) is 24.8 Å². The molecule has 1 aliphatic heterocycles. The van der Waals surface area contributed by atoms with Crippen LogP contribution in [0.15, 0.2) is 5.10 Å². The van der Waals surface area contributed by atoms with Gasteiger partial charge in [0.15, 0.2) is 0 Å². The molecule has 2 amide bonds. The molecule has 0 bridgehead atoms. The van der Waals surface area contributed by atoms with Crippen molar-refractivity contribution < 1.29 is 9.53 Å². The van der Waals surface area contributed by atoms with Gasteiger partial charge in [-0.05, 0) is 25.7 Å². The van der Waals surface area contributed by atoms with Gasteiger partial charge in [-0.25, -0.2) is 10.2 Å². The minimum atomic E-state index is -0.590. The van der Waals surface area contributed by atoms with Crippen molar-refractivity contribution in [2.75, 3.05) is 13.2 Å². The number of unbranched alkanes of at least 4 members (excludes halogenated alkanes) is 3. The highest BCUT2D eigenvalue weighted by Crippen LogP contribution is 2.20. The first kappa shape index (κ1) is 15.0. The smallest absolute Gasteiger partial charge is 0.332 e. The number of carbonyl (C=O) groups excluding carboxylic acids is 1. The van der Waals surface area contributed by atoms with Gasteiger partial charge in [-0.3, -0.25) is 0 Å². The van der Waals surface area contributed by atoms with Gasteiger partial charge in [0.05, 0.1) is 0 Å². The van der Waals surface area contributed by atoms with Gasteiger partial charge < -0.3 is 10.5 Å². The second kappa shape index (κ2) is 8.91. The minimum Gasteiger partial charge on any atom is -0.381 e. The number of rotatable bonds is 7. The fraction of sp³-hybridized carbons (Fsp3) is 0.846. The molecule has 104 valence electrons. The largest absolute Gasteiger partial charge is 0.381 e. The van der Waals surface area contributed by atoms with E-state index in [2.05, 4.69) is 17.5 Å². The van der Waals surface area contributed by atoms with Crippen molar-refractivity contribution in [2.24, 2.45) is 16.8 Å². The van der Waals surface area contributed by atoms with E-state index in [-0.39, 0.29) is 0 Å². The number of nitrogens with one attached hydrogen (secondary N) is 1. The fourth-order valence-electron chi connectivity index (χ4n) is 2.24. The molecule has 0 spiro atoms. The Morgan fingerprint density at radius 3 is 2.67 bits per heavy atom. The number of hydrogen-bond acceptors (Lipinski definition) is 3. The zero-order valence-corrected chi connectivity index (χ0v) is 11.3. The SMILES string of the molecule is CCCCCC/C(=N\NC(N)=O)C1CCOCC1. The van der Waals surface area contributed by atoms with E-state index in [0.717, 1.165) is 44.6 Å². The Balaban J connectivity index is 2.45. The molecule has 18 heavy (non-hydrogen) atoms. The van der Waals surface area contributed by atoms with E-state index in [1.54, 1.807) is 0 Å². The first-order valence-corrected chi connectivity index (χ1v) is 6.93. The molecule has 0 aromatic heterocycles. The molecule has 0 radical (unpaired) electrons. The Hall–Kier alpha value is -1.10. The van der Waals surface area contributed by atoms with Crippen molar-refractivity contribution in [2.45, 2.75) is 51.9 Å². The van der Waals surface area contributed by atoms with Gasteiger partial charge in [-0.1, -0.05) is 26.2 Å².